The number of hydrogen-bond donors (Lipinski definition) is 1. The van der Waals surface area contributed by atoms with Crippen LogP contribution >= 0.6 is 0 Å². The maximum absolute atomic E-state index is 13.1. The van der Waals surface area contributed by atoms with E-state index < -0.39 is 17.7 Å². The van der Waals surface area contributed by atoms with Crippen molar-refractivity contribution in [2.45, 2.75) is 51.7 Å². The van der Waals surface area contributed by atoms with E-state index in [0.29, 0.717) is 17.9 Å². The first-order valence-corrected chi connectivity index (χ1v) is 11.2. The lowest BCUT2D eigenvalue weighted by Crippen LogP contribution is -2.30. The number of benzene rings is 2. The third-order valence-corrected chi connectivity index (χ3v) is 6.12. The molecule has 6 nitrogen and oxygen atoms in total. The molecule has 0 spiro atoms. The van der Waals surface area contributed by atoms with Crippen LogP contribution in [0.15, 0.2) is 48.0 Å². The average Bonchev–Trinajstić information content (AvgIpc) is 3.29. The van der Waals surface area contributed by atoms with Gasteiger partial charge in [-0.15, -0.1) is 0 Å². The van der Waals surface area contributed by atoms with E-state index >= 15 is 0 Å². The van der Waals surface area contributed by atoms with Crippen molar-refractivity contribution in [1.29, 1.82) is 0 Å². The molecule has 1 amide bonds. The predicted octanol–water partition coefficient (Wildman–Crippen LogP) is 4.63. The summed E-state index contributed by atoms with van der Waals surface area (Å²) in [5.41, 5.74) is 2.35. The number of Topliss-reactive ketones (excluding diaryl/α,β-unsaturated/α-hetero) is 1. The van der Waals surface area contributed by atoms with Crippen LogP contribution in [0.1, 0.15) is 55.8 Å². The second-order valence-corrected chi connectivity index (χ2v) is 8.43. The topological polar surface area (TPSA) is 76.1 Å². The molecule has 2 aliphatic heterocycles. The van der Waals surface area contributed by atoms with Gasteiger partial charge in [-0.2, -0.15) is 0 Å². The van der Waals surface area contributed by atoms with Crippen LogP contribution in [0.4, 0.5) is 0 Å². The summed E-state index contributed by atoms with van der Waals surface area (Å²) >= 11 is 0. The van der Waals surface area contributed by atoms with Gasteiger partial charge in [-0.25, -0.2) is 0 Å². The third kappa shape index (κ3) is 3.97. The first-order valence-electron chi connectivity index (χ1n) is 11.2. The molecule has 2 aromatic carbocycles. The molecule has 32 heavy (non-hydrogen) atoms. The normalized spacial score (nSPS) is 21.5. The minimum atomic E-state index is -0.662. The largest absolute Gasteiger partial charge is 0.507 e. The zero-order valence-electron chi connectivity index (χ0n) is 18.8. The molecule has 1 N–H and O–H groups in total. The lowest BCUT2D eigenvalue weighted by atomic mass is 9.94. The third-order valence-electron chi connectivity index (χ3n) is 6.12. The Morgan fingerprint density at radius 1 is 1.19 bits per heavy atom. The Labute approximate surface area is 188 Å². The molecular weight excluding hydrogens is 406 g/mol. The molecule has 6 heteroatoms. The Morgan fingerprint density at radius 2 is 2.00 bits per heavy atom. The van der Waals surface area contributed by atoms with Crippen molar-refractivity contribution in [2.75, 3.05) is 13.7 Å². The van der Waals surface area contributed by atoms with Crippen molar-refractivity contribution in [3.63, 3.8) is 0 Å². The van der Waals surface area contributed by atoms with Gasteiger partial charge < -0.3 is 19.5 Å². The number of carbonyl (C=O) groups is 2. The Balaban J connectivity index is 1.81. The Bertz CT molecular complexity index is 1070. The molecule has 168 valence electrons. The van der Waals surface area contributed by atoms with Crippen molar-refractivity contribution in [1.82, 2.24) is 4.90 Å². The smallest absolute Gasteiger partial charge is 0.295 e. The van der Waals surface area contributed by atoms with Gasteiger partial charge in [0.1, 0.15) is 23.4 Å². The number of aliphatic hydroxyl groups is 1. The van der Waals surface area contributed by atoms with Crippen LogP contribution in [0.25, 0.3) is 5.76 Å². The number of ether oxygens (including phenoxy) is 2. The molecule has 2 atom stereocenters. The first-order chi connectivity index (χ1) is 15.4. The fourth-order valence-electron chi connectivity index (χ4n) is 4.53. The molecule has 2 aliphatic rings. The van der Waals surface area contributed by atoms with E-state index in [1.165, 1.54) is 0 Å². The van der Waals surface area contributed by atoms with Gasteiger partial charge in [-0.3, -0.25) is 9.59 Å². The molecule has 0 saturated carbocycles. The number of likely N-dealkylation sites (tertiary alicyclic amines) is 1. The Morgan fingerprint density at radius 3 is 2.75 bits per heavy atom. The van der Waals surface area contributed by atoms with Crippen LogP contribution in [-0.4, -0.2) is 41.5 Å². The number of nitrogens with zero attached hydrogens (tertiary/aromatic N) is 1. The predicted molar refractivity (Wildman–Crippen MR) is 122 cm³/mol. The summed E-state index contributed by atoms with van der Waals surface area (Å²) in [5.74, 6) is 0.0331. The summed E-state index contributed by atoms with van der Waals surface area (Å²) in [7, 11) is 1.57. The lowest BCUT2D eigenvalue weighted by Gasteiger charge is -2.25. The molecular formula is C26H29NO5. The molecule has 1 saturated heterocycles. The molecule has 0 radical (unpaired) electrons. The zero-order chi connectivity index (χ0) is 22.8. The van der Waals surface area contributed by atoms with E-state index in [1.807, 2.05) is 43.3 Å². The standard InChI is InChI=1S/C26H29NO5/c1-4-5-6-12-27-23(17-8-7-9-20(15-17)31-3)22(25(29)26(27)30)24(28)18-10-11-21-19(14-18)13-16(2)32-21/h7-11,14-16,23,28H,4-6,12-13H2,1-3H3/b24-22-. The van der Waals surface area contributed by atoms with Gasteiger partial charge in [-0.05, 0) is 54.8 Å². The van der Waals surface area contributed by atoms with Crippen molar-refractivity contribution >= 4 is 17.4 Å². The van der Waals surface area contributed by atoms with Crippen LogP contribution in [-0.2, 0) is 16.0 Å². The van der Waals surface area contributed by atoms with Crippen LogP contribution in [0, 0.1) is 0 Å². The summed E-state index contributed by atoms with van der Waals surface area (Å²) in [5, 5.41) is 11.3. The summed E-state index contributed by atoms with van der Waals surface area (Å²) in [6.45, 7) is 4.53. The number of rotatable bonds is 7. The highest BCUT2D eigenvalue weighted by molar-refractivity contribution is 6.46. The van der Waals surface area contributed by atoms with E-state index in [4.69, 9.17) is 9.47 Å². The highest BCUT2D eigenvalue weighted by Crippen LogP contribution is 2.41. The quantitative estimate of drug-likeness (QED) is 0.297. The second kappa shape index (κ2) is 9.07. The number of fused-ring (bicyclic) bond motifs is 1. The number of unbranched alkanes of at least 4 members (excludes halogenated alkanes) is 2. The number of ketones is 1. The molecule has 0 bridgehead atoms. The van der Waals surface area contributed by atoms with Gasteiger partial charge in [0, 0.05) is 18.5 Å². The summed E-state index contributed by atoms with van der Waals surface area (Å²) in [6, 6.07) is 12.0. The monoisotopic (exact) mass is 435 g/mol. The van der Waals surface area contributed by atoms with E-state index in [2.05, 4.69) is 6.92 Å². The molecule has 0 aromatic heterocycles. The van der Waals surface area contributed by atoms with Crippen LogP contribution < -0.4 is 9.47 Å². The molecule has 2 unspecified atom stereocenters. The number of hydrogen-bond acceptors (Lipinski definition) is 5. The second-order valence-electron chi connectivity index (χ2n) is 8.43. The summed E-state index contributed by atoms with van der Waals surface area (Å²) in [6.07, 6.45) is 3.56. The number of methoxy groups -OCH3 is 1. The summed E-state index contributed by atoms with van der Waals surface area (Å²) < 4.78 is 11.1. The van der Waals surface area contributed by atoms with E-state index in [0.717, 1.165) is 42.6 Å². The maximum Gasteiger partial charge on any atom is 0.295 e. The van der Waals surface area contributed by atoms with E-state index in [-0.39, 0.29) is 17.4 Å². The van der Waals surface area contributed by atoms with E-state index in [9.17, 15) is 14.7 Å². The molecule has 2 heterocycles. The Hall–Kier alpha value is -3.28. The molecule has 4 rings (SSSR count). The average molecular weight is 436 g/mol. The molecule has 0 aliphatic carbocycles. The number of amides is 1. The van der Waals surface area contributed by atoms with E-state index in [1.54, 1.807) is 18.1 Å². The van der Waals surface area contributed by atoms with Gasteiger partial charge in [-0.1, -0.05) is 31.9 Å². The lowest BCUT2D eigenvalue weighted by molar-refractivity contribution is -0.139. The summed E-state index contributed by atoms with van der Waals surface area (Å²) in [4.78, 5) is 27.7. The maximum atomic E-state index is 13.1. The van der Waals surface area contributed by atoms with Crippen molar-refractivity contribution in [2.24, 2.45) is 0 Å². The molecule has 1 fully saturated rings. The van der Waals surface area contributed by atoms with Crippen LogP contribution in [0.3, 0.4) is 0 Å². The fraction of sp³-hybridized carbons (Fsp3) is 0.385. The Kier molecular flexibility index (Phi) is 6.21. The van der Waals surface area contributed by atoms with Crippen LogP contribution in [0.2, 0.25) is 0 Å². The van der Waals surface area contributed by atoms with Gasteiger partial charge in [0.05, 0.1) is 18.7 Å². The highest BCUT2D eigenvalue weighted by atomic mass is 16.5. The fourth-order valence-corrected chi connectivity index (χ4v) is 4.53. The highest BCUT2D eigenvalue weighted by Gasteiger charge is 2.46. The number of aliphatic hydroxyl groups excluding tert-OH is 1. The molecule has 2 aromatic rings. The van der Waals surface area contributed by atoms with Crippen molar-refractivity contribution in [3.05, 3.63) is 64.7 Å². The van der Waals surface area contributed by atoms with Gasteiger partial charge >= 0.3 is 0 Å². The minimum absolute atomic E-state index is 0.0725. The minimum Gasteiger partial charge on any atom is -0.507 e. The first kappa shape index (κ1) is 21.9. The van der Waals surface area contributed by atoms with Crippen molar-refractivity contribution < 1.29 is 24.2 Å². The van der Waals surface area contributed by atoms with Gasteiger partial charge in [0.25, 0.3) is 11.7 Å². The zero-order valence-corrected chi connectivity index (χ0v) is 18.8. The van der Waals surface area contributed by atoms with Crippen LogP contribution in [0.5, 0.6) is 11.5 Å². The van der Waals surface area contributed by atoms with Crippen molar-refractivity contribution in [3.8, 4) is 11.5 Å². The SMILES string of the molecule is CCCCCN1C(=O)C(=O)/C(=C(\O)c2ccc3c(c2)CC(C)O3)C1c1cccc(OC)c1. The van der Waals surface area contributed by atoms with Gasteiger partial charge in [0.15, 0.2) is 0 Å². The number of carbonyl (C=O) groups excluding carboxylic acids is 2. The van der Waals surface area contributed by atoms with Gasteiger partial charge in [0.2, 0.25) is 0 Å².